The van der Waals surface area contributed by atoms with E-state index >= 15 is 0 Å². The number of halogens is 1. The first kappa shape index (κ1) is 16.9. The minimum absolute atomic E-state index is 0.136. The van der Waals surface area contributed by atoms with Crippen LogP contribution in [-0.4, -0.2) is 37.6 Å². The van der Waals surface area contributed by atoms with Gasteiger partial charge in [-0.3, -0.25) is 9.59 Å². The number of piperidine rings is 1. The van der Waals surface area contributed by atoms with E-state index in [1.165, 1.54) is 6.07 Å². The van der Waals surface area contributed by atoms with Crippen LogP contribution in [0.4, 0.5) is 4.39 Å². The molecule has 0 aromatic heterocycles. The molecule has 2 aliphatic rings. The van der Waals surface area contributed by atoms with Gasteiger partial charge in [0.15, 0.2) is 0 Å². The molecule has 2 N–H and O–H groups in total. The molecule has 0 unspecified atom stereocenters. The van der Waals surface area contributed by atoms with Crippen LogP contribution in [0.5, 0.6) is 0 Å². The standard InChI is InChI=1S/C18H23FN2O3/c19-14-5-2-1-4-13(14)12-18(7-10-24-11-8-18)17(23)21-15-6-3-9-20-16(15)22/h1-2,4-5,15H,3,6-12H2,(H,20,22)(H,21,23)/t15-/m0/s1. The lowest BCUT2D eigenvalue weighted by molar-refractivity contribution is -0.140. The average Bonchev–Trinajstić information content (AvgIpc) is 2.60. The van der Waals surface area contributed by atoms with Gasteiger partial charge < -0.3 is 15.4 Å². The molecule has 1 aromatic carbocycles. The lowest BCUT2D eigenvalue weighted by Crippen LogP contribution is -2.55. The second-order valence-electron chi connectivity index (χ2n) is 6.62. The van der Waals surface area contributed by atoms with Crippen LogP contribution in [0.3, 0.4) is 0 Å². The predicted molar refractivity (Wildman–Crippen MR) is 86.8 cm³/mol. The molecule has 1 aromatic rings. The fourth-order valence-electron chi connectivity index (χ4n) is 3.47. The maximum absolute atomic E-state index is 14.1. The fourth-order valence-corrected chi connectivity index (χ4v) is 3.47. The molecule has 0 spiro atoms. The summed E-state index contributed by atoms with van der Waals surface area (Å²) in [6.45, 7) is 1.59. The number of carbonyl (C=O) groups excluding carboxylic acids is 2. The Morgan fingerprint density at radius 2 is 2.08 bits per heavy atom. The van der Waals surface area contributed by atoms with E-state index in [4.69, 9.17) is 4.74 Å². The topological polar surface area (TPSA) is 67.4 Å². The first-order chi connectivity index (χ1) is 11.6. The fraction of sp³-hybridized carbons (Fsp3) is 0.556. The lowest BCUT2D eigenvalue weighted by Gasteiger charge is -2.37. The quantitative estimate of drug-likeness (QED) is 0.878. The van der Waals surface area contributed by atoms with Gasteiger partial charge in [0.2, 0.25) is 11.8 Å². The van der Waals surface area contributed by atoms with Crippen molar-refractivity contribution in [3.8, 4) is 0 Å². The highest BCUT2D eigenvalue weighted by Gasteiger charge is 2.42. The summed E-state index contributed by atoms with van der Waals surface area (Å²) in [4.78, 5) is 24.9. The molecule has 1 atom stereocenters. The van der Waals surface area contributed by atoms with E-state index in [0.29, 0.717) is 51.0 Å². The SMILES string of the molecule is O=C1NCCC[C@@H]1NC(=O)C1(Cc2ccccc2F)CCOCC1. The third-order valence-electron chi connectivity index (χ3n) is 5.01. The predicted octanol–water partition coefficient (Wildman–Crippen LogP) is 1.56. The van der Waals surface area contributed by atoms with Gasteiger partial charge in [-0.2, -0.15) is 0 Å². The third-order valence-corrected chi connectivity index (χ3v) is 5.01. The van der Waals surface area contributed by atoms with Crippen molar-refractivity contribution in [2.24, 2.45) is 5.41 Å². The van der Waals surface area contributed by atoms with Gasteiger partial charge in [-0.25, -0.2) is 4.39 Å². The Balaban J connectivity index is 1.78. The van der Waals surface area contributed by atoms with E-state index in [-0.39, 0.29) is 17.6 Å². The van der Waals surface area contributed by atoms with Crippen LogP contribution in [0.25, 0.3) is 0 Å². The van der Waals surface area contributed by atoms with Gasteiger partial charge in [-0.1, -0.05) is 18.2 Å². The van der Waals surface area contributed by atoms with E-state index in [9.17, 15) is 14.0 Å². The molecular weight excluding hydrogens is 311 g/mol. The molecule has 0 bridgehead atoms. The number of hydrogen-bond acceptors (Lipinski definition) is 3. The summed E-state index contributed by atoms with van der Waals surface area (Å²) in [6.07, 6.45) is 2.87. The Morgan fingerprint density at radius 1 is 1.33 bits per heavy atom. The summed E-state index contributed by atoms with van der Waals surface area (Å²) >= 11 is 0. The number of hydrogen-bond donors (Lipinski definition) is 2. The molecule has 0 radical (unpaired) electrons. The normalized spacial score (nSPS) is 23.4. The molecule has 0 saturated carbocycles. The molecule has 2 aliphatic heterocycles. The molecule has 2 amide bonds. The van der Waals surface area contributed by atoms with Crippen LogP contribution in [-0.2, 0) is 20.7 Å². The van der Waals surface area contributed by atoms with Gasteiger partial charge in [0.05, 0.1) is 5.41 Å². The first-order valence-corrected chi connectivity index (χ1v) is 8.51. The molecule has 2 heterocycles. The summed E-state index contributed by atoms with van der Waals surface area (Å²) in [5, 5.41) is 5.66. The van der Waals surface area contributed by atoms with E-state index in [1.54, 1.807) is 18.2 Å². The van der Waals surface area contributed by atoms with Gasteiger partial charge in [0.1, 0.15) is 11.9 Å². The maximum Gasteiger partial charge on any atom is 0.242 e. The van der Waals surface area contributed by atoms with Crippen molar-refractivity contribution in [3.05, 3.63) is 35.6 Å². The van der Waals surface area contributed by atoms with Crippen molar-refractivity contribution in [1.29, 1.82) is 0 Å². The third kappa shape index (κ3) is 3.59. The number of nitrogens with one attached hydrogen (secondary N) is 2. The molecule has 6 heteroatoms. The van der Waals surface area contributed by atoms with Crippen molar-refractivity contribution in [2.75, 3.05) is 19.8 Å². The van der Waals surface area contributed by atoms with Gasteiger partial charge in [-0.15, -0.1) is 0 Å². The van der Waals surface area contributed by atoms with Crippen molar-refractivity contribution in [3.63, 3.8) is 0 Å². The molecule has 2 fully saturated rings. The summed E-state index contributed by atoms with van der Waals surface area (Å²) in [5.74, 6) is -0.606. The zero-order valence-electron chi connectivity index (χ0n) is 13.6. The minimum Gasteiger partial charge on any atom is -0.381 e. The van der Waals surface area contributed by atoms with E-state index < -0.39 is 11.5 Å². The van der Waals surface area contributed by atoms with Gasteiger partial charge >= 0.3 is 0 Å². The molecule has 2 saturated heterocycles. The maximum atomic E-state index is 14.1. The number of rotatable bonds is 4. The molecule has 5 nitrogen and oxygen atoms in total. The minimum atomic E-state index is -0.724. The Bertz CT molecular complexity index is 614. The van der Waals surface area contributed by atoms with E-state index in [0.717, 1.165) is 6.42 Å². The second-order valence-corrected chi connectivity index (χ2v) is 6.62. The Kier molecular flexibility index (Phi) is 5.14. The zero-order chi connectivity index (χ0) is 17.0. The van der Waals surface area contributed by atoms with Crippen LogP contribution >= 0.6 is 0 Å². The number of benzene rings is 1. The van der Waals surface area contributed by atoms with Crippen molar-refractivity contribution < 1.29 is 18.7 Å². The monoisotopic (exact) mass is 334 g/mol. The largest absolute Gasteiger partial charge is 0.381 e. The van der Waals surface area contributed by atoms with E-state index in [1.807, 2.05) is 0 Å². The molecule has 130 valence electrons. The second kappa shape index (κ2) is 7.30. The highest BCUT2D eigenvalue weighted by molar-refractivity contribution is 5.90. The summed E-state index contributed by atoms with van der Waals surface area (Å²) < 4.78 is 19.5. The molecule has 0 aliphatic carbocycles. The summed E-state index contributed by atoms with van der Waals surface area (Å²) in [5.41, 5.74) is -0.194. The summed E-state index contributed by atoms with van der Waals surface area (Å²) in [6, 6.07) is 6.05. The van der Waals surface area contributed by atoms with Crippen LogP contribution in [0.1, 0.15) is 31.2 Å². The zero-order valence-corrected chi connectivity index (χ0v) is 13.6. The van der Waals surface area contributed by atoms with Crippen LogP contribution in [0.15, 0.2) is 24.3 Å². The summed E-state index contributed by atoms with van der Waals surface area (Å²) in [7, 11) is 0. The first-order valence-electron chi connectivity index (χ1n) is 8.51. The van der Waals surface area contributed by atoms with Crippen LogP contribution in [0, 0.1) is 11.2 Å². The van der Waals surface area contributed by atoms with Crippen molar-refractivity contribution in [2.45, 2.75) is 38.1 Å². The molecular formula is C18H23FN2O3. The van der Waals surface area contributed by atoms with Crippen LogP contribution < -0.4 is 10.6 Å². The highest BCUT2D eigenvalue weighted by atomic mass is 19.1. The highest BCUT2D eigenvalue weighted by Crippen LogP contribution is 2.35. The molecule has 24 heavy (non-hydrogen) atoms. The van der Waals surface area contributed by atoms with Crippen LogP contribution in [0.2, 0.25) is 0 Å². The Morgan fingerprint density at radius 3 is 2.79 bits per heavy atom. The molecule has 3 rings (SSSR count). The lowest BCUT2D eigenvalue weighted by atomic mass is 9.74. The smallest absolute Gasteiger partial charge is 0.242 e. The average molecular weight is 334 g/mol. The number of amides is 2. The van der Waals surface area contributed by atoms with Gasteiger partial charge in [-0.05, 0) is 43.7 Å². The number of carbonyl (C=O) groups is 2. The van der Waals surface area contributed by atoms with Crippen molar-refractivity contribution in [1.82, 2.24) is 10.6 Å². The van der Waals surface area contributed by atoms with E-state index in [2.05, 4.69) is 10.6 Å². The van der Waals surface area contributed by atoms with Gasteiger partial charge in [0, 0.05) is 19.8 Å². The Labute approximate surface area is 141 Å². The number of ether oxygens (including phenoxy) is 1. The van der Waals surface area contributed by atoms with Gasteiger partial charge in [0.25, 0.3) is 0 Å². The Hall–Kier alpha value is -1.95. The van der Waals surface area contributed by atoms with Crippen molar-refractivity contribution >= 4 is 11.8 Å².